The Bertz CT molecular complexity index is 966. The van der Waals surface area contributed by atoms with Gasteiger partial charge in [-0.2, -0.15) is 10.4 Å². The lowest BCUT2D eigenvalue weighted by Gasteiger charge is -2.27. The number of rotatable bonds is 4. The molecule has 0 bridgehead atoms. The molecule has 1 aromatic heterocycles. The van der Waals surface area contributed by atoms with E-state index in [4.69, 9.17) is 9.84 Å². The Balaban J connectivity index is 1.70. The number of ether oxygens (including phenoxy) is 1. The molecule has 0 radical (unpaired) electrons. The molecule has 152 valence electrons. The van der Waals surface area contributed by atoms with Crippen molar-refractivity contribution in [1.29, 1.82) is 5.26 Å². The monoisotopic (exact) mass is 393 g/mol. The van der Waals surface area contributed by atoms with Gasteiger partial charge in [-0.1, -0.05) is 12.1 Å². The molecule has 0 aliphatic carbocycles. The van der Waals surface area contributed by atoms with E-state index < -0.39 is 5.41 Å². The minimum absolute atomic E-state index is 0.0799. The average Bonchev–Trinajstić information content (AvgIpc) is 3.36. The largest absolute Gasteiger partial charge is 0.379 e. The van der Waals surface area contributed by atoms with E-state index in [1.807, 2.05) is 43.0 Å². The highest BCUT2D eigenvalue weighted by molar-refractivity contribution is 5.74. The maximum Gasteiger partial charge on any atom is 0.219 e. The molecule has 1 aromatic carbocycles. The molecule has 7 nitrogen and oxygen atoms in total. The zero-order valence-corrected chi connectivity index (χ0v) is 17.2. The van der Waals surface area contributed by atoms with Crippen molar-refractivity contribution >= 4 is 17.4 Å². The predicted octanol–water partition coefficient (Wildman–Crippen LogP) is 3.29. The van der Waals surface area contributed by atoms with Crippen LogP contribution in [0.1, 0.15) is 50.1 Å². The summed E-state index contributed by atoms with van der Waals surface area (Å²) in [6.45, 7) is 8.14. The molecule has 1 atom stereocenters. The van der Waals surface area contributed by atoms with Crippen molar-refractivity contribution in [3.8, 4) is 6.07 Å². The van der Waals surface area contributed by atoms with Crippen LogP contribution in [0.3, 0.4) is 0 Å². The Morgan fingerprint density at radius 3 is 2.93 bits per heavy atom. The van der Waals surface area contributed by atoms with Crippen LogP contribution in [0.5, 0.6) is 0 Å². The number of benzene rings is 1. The fourth-order valence-electron chi connectivity index (χ4n) is 4.02. The maximum atomic E-state index is 12.0. The number of nitriles is 1. The summed E-state index contributed by atoms with van der Waals surface area (Å²) >= 11 is 0. The molecule has 2 aromatic rings. The van der Waals surface area contributed by atoms with Gasteiger partial charge in [-0.3, -0.25) is 9.48 Å². The number of nitrogens with zero attached hydrogens (tertiary/aromatic N) is 4. The Morgan fingerprint density at radius 1 is 1.41 bits per heavy atom. The Morgan fingerprint density at radius 2 is 2.24 bits per heavy atom. The van der Waals surface area contributed by atoms with Crippen LogP contribution in [0.25, 0.3) is 0 Å². The van der Waals surface area contributed by atoms with Crippen LogP contribution in [-0.2, 0) is 27.9 Å². The third kappa shape index (κ3) is 3.73. The van der Waals surface area contributed by atoms with Crippen molar-refractivity contribution < 1.29 is 9.53 Å². The van der Waals surface area contributed by atoms with Crippen LogP contribution in [0.15, 0.2) is 24.3 Å². The van der Waals surface area contributed by atoms with Crippen LogP contribution in [0.4, 0.5) is 11.5 Å². The molecule has 2 aliphatic rings. The number of amides is 1. The summed E-state index contributed by atoms with van der Waals surface area (Å²) in [5.41, 5.74) is 3.54. The van der Waals surface area contributed by atoms with E-state index >= 15 is 0 Å². The van der Waals surface area contributed by atoms with Crippen LogP contribution in [0.2, 0.25) is 0 Å². The van der Waals surface area contributed by atoms with Crippen LogP contribution >= 0.6 is 0 Å². The minimum atomic E-state index is -0.566. The third-order valence-electron chi connectivity index (χ3n) is 5.91. The molecule has 0 saturated carbocycles. The number of carbonyl (C=O) groups is 1. The predicted molar refractivity (Wildman–Crippen MR) is 110 cm³/mol. The number of hydrogen-bond donors (Lipinski definition) is 1. The summed E-state index contributed by atoms with van der Waals surface area (Å²) in [6, 6.07) is 10.5. The first-order chi connectivity index (χ1) is 13.9. The van der Waals surface area contributed by atoms with E-state index in [1.54, 1.807) is 6.92 Å². The van der Waals surface area contributed by atoms with E-state index in [-0.39, 0.29) is 11.9 Å². The molecule has 1 unspecified atom stereocenters. The highest BCUT2D eigenvalue weighted by atomic mass is 16.5. The standard InChI is InChI=1S/C22H27N5O2/c1-15(28)26-9-7-20-19(12-26)21(25-27(20)18-8-10-29-13-18)24-17-6-4-5-16(11-17)22(2,3)14-23/h4-6,11,18H,7-10,12-13H2,1-3H3,(H,24,25). The molecule has 1 amide bonds. The highest BCUT2D eigenvalue weighted by Gasteiger charge is 2.30. The number of hydrogen-bond acceptors (Lipinski definition) is 5. The van der Waals surface area contributed by atoms with Gasteiger partial charge in [-0.25, -0.2) is 0 Å². The van der Waals surface area contributed by atoms with Crippen LogP contribution in [-0.4, -0.2) is 40.3 Å². The molecule has 4 rings (SSSR count). The van der Waals surface area contributed by atoms with Gasteiger partial charge >= 0.3 is 0 Å². The van der Waals surface area contributed by atoms with Crippen LogP contribution < -0.4 is 5.32 Å². The average molecular weight is 393 g/mol. The highest BCUT2D eigenvalue weighted by Crippen LogP contribution is 2.33. The smallest absolute Gasteiger partial charge is 0.219 e. The van der Waals surface area contributed by atoms with E-state index in [1.165, 1.54) is 5.69 Å². The minimum Gasteiger partial charge on any atom is -0.379 e. The normalized spacial score (nSPS) is 19.0. The molecule has 7 heteroatoms. The molecule has 2 aliphatic heterocycles. The number of anilines is 2. The zero-order valence-electron chi connectivity index (χ0n) is 17.2. The van der Waals surface area contributed by atoms with Gasteiger partial charge < -0.3 is 15.0 Å². The van der Waals surface area contributed by atoms with Crippen molar-refractivity contribution in [2.24, 2.45) is 0 Å². The van der Waals surface area contributed by atoms with Crippen molar-refractivity contribution in [1.82, 2.24) is 14.7 Å². The second-order valence-corrected chi connectivity index (χ2v) is 8.37. The number of nitrogens with one attached hydrogen (secondary N) is 1. The topological polar surface area (TPSA) is 83.2 Å². The fraction of sp³-hybridized carbons (Fsp3) is 0.500. The van der Waals surface area contributed by atoms with Gasteiger partial charge in [-0.05, 0) is 38.0 Å². The van der Waals surface area contributed by atoms with Gasteiger partial charge in [0.25, 0.3) is 0 Å². The van der Waals surface area contributed by atoms with Gasteiger partial charge in [0.15, 0.2) is 5.82 Å². The Hall–Kier alpha value is -2.85. The quantitative estimate of drug-likeness (QED) is 0.862. The number of carbonyl (C=O) groups excluding carboxylic acids is 1. The summed E-state index contributed by atoms with van der Waals surface area (Å²) in [6.07, 6.45) is 1.75. The summed E-state index contributed by atoms with van der Waals surface area (Å²) in [7, 11) is 0. The lowest BCUT2D eigenvalue weighted by Crippen LogP contribution is -2.35. The molecule has 1 fully saturated rings. The summed E-state index contributed by atoms with van der Waals surface area (Å²) in [5, 5.41) is 17.8. The molecule has 29 heavy (non-hydrogen) atoms. The lowest BCUT2D eigenvalue weighted by molar-refractivity contribution is -0.129. The van der Waals surface area contributed by atoms with Crippen molar-refractivity contribution in [2.75, 3.05) is 25.1 Å². The first kappa shape index (κ1) is 19.5. The second-order valence-electron chi connectivity index (χ2n) is 8.37. The van der Waals surface area contributed by atoms with E-state index in [0.29, 0.717) is 19.7 Å². The van der Waals surface area contributed by atoms with Crippen molar-refractivity contribution in [3.05, 3.63) is 41.1 Å². The second kappa shape index (κ2) is 7.53. The summed E-state index contributed by atoms with van der Waals surface area (Å²) < 4.78 is 7.68. The molecule has 1 saturated heterocycles. The molecule has 0 spiro atoms. The van der Waals surface area contributed by atoms with Gasteiger partial charge in [0.2, 0.25) is 5.91 Å². The fourth-order valence-corrected chi connectivity index (χ4v) is 4.02. The first-order valence-electron chi connectivity index (χ1n) is 10.1. The van der Waals surface area contributed by atoms with E-state index in [0.717, 1.165) is 42.1 Å². The van der Waals surface area contributed by atoms with E-state index in [2.05, 4.69) is 16.1 Å². The van der Waals surface area contributed by atoms with Crippen molar-refractivity contribution in [3.63, 3.8) is 0 Å². The van der Waals surface area contributed by atoms with Gasteiger partial charge in [0.05, 0.1) is 30.7 Å². The maximum absolute atomic E-state index is 12.0. The summed E-state index contributed by atoms with van der Waals surface area (Å²) in [4.78, 5) is 13.8. The van der Waals surface area contributed by atoms with Gasteiger partial charge in [0.1, 0.15) is 0 Å². The number of aromatic nitrogens is 2. The molecular formula is C22H27N5O2. The van der Waals surface area contributed by atoms with Crippen LogP contribution in [0, 0.1) is 11.3 Å². The summed E-state index contributed by atoms with van der Waals surface area (Å²) in [5.74, 6) is 0.862. The van der Waals surface area contributed by atoms with Gasteiger partial charge in [0, 0.05) is 43.4 Å². The third-order valence-corrected chi connectivity index (χ3v) is 5.91. The SMILES string of the molecule is CC(=O)N1CCc2c(c(Nc3cccc(C(C)(C)C#N)c3)nn2C2CCOC2)C1. The van der Waals surface area contributed by atoms with Gasteiger partial charge in [-0.15, -0.1) is 0 Å². The number of fused-ring (bicyclic) bond motifs is 1. The molecular weight excluding hydrogens is 366 g/mol. The molecule has 3 heterocycles. The zero-order chi connectivity index (χ0) is 20.6. The van der Waals surface area contributed by atoms with E-state index in [9.17, 15) is 10.1 Å². The lowest BCUT2D eigenvalue weighted by atomic mass is 9.86. The molecule has 1 N–H and O–H groups in total. The Kier molecular flexibility index (Phi) is 5.05. The van der Waals surface area contributed by atoms with Crippen molar-refractivity contribution in [2.45, 2.75) is 51.6 Å². The first-order valence-corrected chi connectivity index (χ1v) is 10.1. The Labute approximate surface area is 171 Å².